The first-order valence-corrected chi connectivity index (χ1v) is 7.81. The molecule has 0 bridgehead atoms. The van der Waals surface area contributed by atoms with Crippen LogP contribution in [0.1, 0.15) is 11.5 Å². The minimum absolute atomic E-state index is 0.299. The molecule has 128 valence electrons. The molecule has 0 amide bonds. The van der Waals surface area contributed by atoms with Crippen molar-refractivity contribution in [1.29, 1.82) is 0 Å². The van der Waals surface area contributed by atoms with Crippen LogP contribution >= 0.6 is 0 Å². The summed E-state index contributed by atoms with van der Waals surface area (Å²) in [6, 6.07) is 2.38. The lowest BCUT2D eigenvalue weighted by Crippen LogP contribution is -3.27. The quantitative estimate of drug-likeness (QED) is 0.491. The molecular weight excluding hydrogens is 316 g/mol. The molecule has 1 saturated heterocycles. The standard InChI is InChI=1S/C16H18N2O6/c19-11-1-7-23-13(15(11)21)9-17-3-5-18(6-4-17)10-14-16(22)12(20)2-8-24-14/h1-2,7-8,21-22H,3-6,9-10H2/p+2. The maximum atomic E-state index is 11.4. The molecule has 8 heteroatoms. The molecule has 0 aromatic carbocycles. The highest BCUT2D eigenvalue weighted by Gasteiger charge is 2.26. The Hall–Kier alpha value is -2.58. The highest BCUT2D eigenvalue weighted by Crippen LogP contribution is 2.09. The van der Waals surface area contributed by atoms with Gasteiger partial charge in [0.15, 0.2) is 0 Å². The first kappa shape index (κ1) is 16.3. The number of nitrogens with one attached hydrogen (secondary N) is 2. The van der Waals surface area contributed by atoms with Crippen molar-refractivity contribution >= 4 is 0 Å². The minimum atomic E-state index is -0.436. The molecule has 1 fully saturated rings. The van der Waals surface area contributed by atoms with E-state index in [1.54, 1.807) is 0 Å². The van der Waals surface area contributed by atoms with E-state index < -0.39 is 10.9 Å². The van der Waals surface area contributed by atoms with Crippen LogP contribution in [0.2, 0.25) is 0 Å². The maximum Gasteiger partial charge on any atom is 0.227 e. The van der Waals surface area contributed by atoms with Gasteiger partial charge in [-0.05, 0) is 0 Å². The highest BCUT2D eigenvalue weighted by molar-refractivity contribution is 5.22. The molecule has 24 heavy (non-hydrogen) atoms. The Kier molecular flexibility index (Phi) is 4.68. The van der Waals surface area contributed by atoms with E-state index in [9.17, 15) is 19.8 Å². The fourth-order valence-electron chi connectivity index (χ4n) is 2.92. The molecule has 3 rings (SSSR count). The van der Waals surface area contributed by atoms with Crippen LogP contribution in [0, 0.1) is 0 Å². The van der Waals surface area contributed by atoms with Gasteiger partial charge in [0.2, 0.25) is 33.9 Å². The molecule has 3 heterocycles. The fourth-order valence-corrected chi connectivity index (χ4v) is 2.92. The van der Waals surface area contributed by atoms with E-state index in [1.807, 2.05) is 0 Å². The lowest BCUT2D eigenvalue weighted by Gasteiger charge is -2.29. The van der Waals surface area contributed by atoms with Crippen LogP contribution < -0.4 is 20.7 Å². The van der Waals surface area contributed by atoms with Crippen molar-refractivity contribution < 1.29 is 28.8 Å². The molecule has 2 aromatic rings. The number of rotatable bonds is 4. The lowest BCUT2D eigenvalue weighted by atomic mass is 10.2. The van der Waals surface area contributed by atoms with Crippen molar-refractivity contribution in [2.24, 2.45) is 0 Å². The number of hydrogen-bond acceptors (Lipinski definition) is 6. The van der Waals surface area contributed by atoms with Gasteiger partial charge in [-0.15, -0.1) is 0 Å². The van der Waals surface area contributed by atoms with E-state index in [-0.39, 0.29) is 11.5 Å². The Balaban J connectivity index is 1.58. The van der Waals surface area contributed by atoms with E-state index in [1.165, 1.54) is 34.5 Å². The van der Waals surface area contributed by atoms with Gasteiger partial charge in [-0.25, -0.2) is 0 Å². The second kappa shape index (κ2) is 6.90. The van der Waals surface area contributed by atoms with Gasteiger partial charge in [-0.1, -0.05) is 0 Å². The summed E-state index contributed by atoms with van der Waals surface area (Å²) in [7, 11) is 0. The zero-order valence-corrected chi connectivity index (χ0v) is 13.1. The van der Waals surface area contributed by atoms with Gasteiger partial charge >= 0.3 is 0 Å². The molecule has 1 aliphatic rings. The van der Waals surface area contributed by atoms with Crippen LogP contribution in [-0.2, 0) is 13.1 Å². The monoisotopic (exact) mass is 336 g/mol. The summed E-state index contributed by atoms with van der Waals surface area (Å²) < 4.78 is 10.5. The summed E-state index contributed by atoms with van der Waals surface area (Å²) in [5.74, 6) is -0.0492. The molecule has 4 N–H and O–H groups in total. The molecule has 0 saturated carbocycles. The van der Waals surface area contributed by atoms with Gasteiger partial charge in [-0.2, -0.15) is 0 Å². The van der Waals surface area contributed by atoms with Crippen molar-refractivity contribution in [2.75, 3.05) is 26.2 Å². The SMILES string of the molecule is O=c1ccoc(C[NH+]2CC[NH+](Cc3occc(=O)c3O)CC2)c1O. The first-order valence-electron chi connectivity index (χ1n) is 7.81. The molecule has 0 radical (unpaired) electrons. The third kappa shape index (κ3) is 3.50. The topological polar surface area (TPSA) is 110 Å². The number of piperazine rings is 1. The summed E-state index contributed by atoms with van der Waals surface area (Å²) in [5.41, 5.74) is -0.871. The highest BCUT2D eigenvalue weighted by atomic mass is 16.4. The average molecular weight is 336 g/mol. The van der Waals surface area contributed by atoms with E-state index in [0.717, 1.165) is 26.2 Å². The summed E-state index contributed by atoms with van der Waals surface area (Å²) in [5, 5.41) is 19.5. The Morgan fingerprint density at radius 1 is 0.792 bits per heavy atom. The zero-order chi connectivity index (χ0) is 17.1. The third-order valence-corrected chi connectivity index (χ3v) is 4.34. The van der Waals surface area contributed by atoms with Gasteiger partial charge in [0.1, 0.15) is 39.3 Å². The van der Waals surface area contributed by atoms with Crippen molar-refractivity contribution in [2.45, 2.75) is 13.1 Å². The lowest BCUT2D eigenvalue weighted by molar-refractivity contribution is -1.03. The van der Waals surface area contributed by atoms with Crippen molar-refractivity contribution in [3.8, 4) is 11.5 Å². The van der Waals surface area contributed by atoms with Crippen LogP contribution in [-0.4, -0.2) is 36.4 Å². The largest absolute Gasteiger partial charge is 0.502 e. The van der Waals surface area contributed by atoms with Gasteiger partial charge in [0, 0.05) is 12.1 Å². The zero-order valence-electron chi connectivity index (χ0n) is 13.1. The molecule has 0 spiro atoms. The average Bonchev–Trinajstić information content (AvgIpc) is 2.58. The van der Waals surface area contributed by atoms with E-state index in [2.05, 4.69) is 0 Å². The maximum absolute atomic E-state index is 11.4. The first-order chi connectivity index (χ1) is 11.5. The van der Waals surface area contributed by atoms with Crippen LogP contribution in [0.25, 0.3) is 0 Å². The second-order valence-corrected chi connectivity index (χ2v) is 5.97. The summed E-state index contributed by atoms with van der Waals surface area (Å²) in [4.78, 5) is 25.2. The molecular formula is C16H20N2O6+2. The Bertz CT molecular complexity index is 750. The Morgan fingerprint density at radius 2 is 1.17 bits per heavy atom. The summed E-state index contributed by atoms with van der Waals surface area (Å²) in [6.45, 7) is 4.13. The molecule has 1 aliphatic heterocycles. The predicted molar refractivity (Wildman–Crippen MR) is 82.1 cm³/mol. The number of hydrogen-bond donors (Lipinski definition) is 4. The van der Waals surface area contributed by atoms with E-state index in [4.69, 9.17) is 8.83 Å². The molecule has 0 aliphatic carbocycles. The minimum Gasteiger partial charge on any atom is -0.502 e. The smallest absolute Gasteiger partial charge is 0.227 e. The van der Waals surface area contributed by atoms with E-state index >= 15 is 0 Å². The fraction of sp³-hybridized carbons (Fsp3) is 0.375. The number of quaternary nitrogens is 2. The predicted octanol–water partition coefficient (Wildman–Crippen LogP) is -2.51. The number of aromatic hydroxyl groups is 2. The van der Waals surface area contributed by atoms with Crippen molar-refractivity contribution in [3.63, 3.8) is 0 Å². The van der Waals surface area contributed by atoms with Gasteiger partial charge in [-0.3, -0.25) is 9.59 Å². The van der Waals surface area contributed by atoms with Crippen LogP contribution in [0.4, 0.5) is 0 Å². The van der Waals surface area contributed by atoms with Gasteiger partial charge < -0.3 is 28.8 Å². The Labute approximate surface area is 137 Å². The third-order valence-electron chi connectivity index (χ3n) is 4.34. The normalized spacial score (nSPS) is 20.8. The molecule has 8 nitrogen and oxygen atoms in total. The van der Waals surface area contributed by atoms with Gasteiger partial charge in [0.25, 0.3) is 0 Å². The molecule has 2 aromatic heterocycles. The van der Waals surface area contributed by atoms with E-state index in [0.29, 0.717) is 24.6 Å². The van der Waals surface area contributed by atoms with Gasteiger partial charge in [0.05, 0.1) is 12.5 Å². The summed E-state index contributed by atoms with van der Waals surface area (Å²) >= 11 is 0. The van der Waals surface area contributed by atoms with Crippen LogP contribution in [0.5, 0.6) is 11.5 Å². The van der Waals surface area contributed by atoms with Crippen LogP contribution in [0.3, 0.4) is 0 Å². The summed E-state index contributed by atoms with van der Waals surface area (Å²) in [6.07, 6.45) is 2.58. The van der Waals surface area contributed by atoms with Crippen molar-refractivity contribution in [1.82, 2.24) is 0 Å². The van der Waals surface area contributed by atoms with Crippen molar-refractivity contribution in [3.05, 3.63) is 56.6 Å². The van der Waals surface area contributed by atoms with Crippen LogP contribution in [0.15, 0.2) is 43.1 Å². The molecule has 0 atom stereocenters. The molecule has 0 unspecified atom stereocenters. The Morgan fingerprint density at radius 3 is 1.54 bits per heavy atom. The second-order valence-electron chi connectivity index (χ2n) is 5.97.